The molecule has 0 bridgehead atoms. The fourth-order valence-electron chi connectivity index (χ4n) is 2.74. The van der Waals surface area contributed by atoms with Crippen molar-refractivity contribution in [3.05, 3.63) is 47.9 Å². The molecule has 2 aromatic rings. The van der Waals surface area contributed by atoms with Gasteiger partial charge in [-0.15, -0.1) is 0 Å². The van der Waals surface area contributed by atoms with E-state index in [0.717, 1.165) is 11.3 Å². The zero-order valence-electron chi connectivity index (χ0n) is 14.0. The van der Waals surface area contributed by atoms with Crippen molar-refractivity contribution in [1.29, 1.82) is 0 Å². The molecule has 0 fully saturated rings. The molecule has 126 valence electrons. The molecule has 1 aliphatic rings. The van der Waals surface area contributed by atoms with Crippen LogP contribution in [0.25, 0.3) is 0 Å². The number of hydrogen-bond acceptors (Lipinski definition) is 4. The Kier molecular flexibility index (Phi) is 4.05. The SMILES string of the molecule is Cc1ccc2c(c1)N(C)C(=O)C(C)(C(=O)NCCc1ccco1)O2. The Labute approximate surface area is 140 Å². The van der Waals surface area contributed by atoms with Crippen molar-refractivity contribution in [3.8, 4) is 5.75 Å². The molecule has 2 heterocycles. The molecule has 1 N–H and O–H groups in total. The van der Waals surface area contributed by atoms with E-state index in [-0.39, 0.29) is 0 Å². The number of carbonyl (C=O) groups excluding carboxylic acids is 2. The largest absolute Gasteiger partial charge is 0.469 e. The first-order valence-electron chi connectivity index (χ1n) is 7.80. The van der Waals surface area contributed by atoms with Gasteiger partial charge in [0.1, 0.15) is 11.5 Å². The van der Waals surface area contributed by atoms with Crippen LogP contribution in [0.1, 0.15) is 18.2 Å². The van der Waals surface area contributed by atoms with E-state index in [1.807, 2.05) is 25.1 Å². The van der Waals surface area contributed by atoms with Crippen LogP contribution in [0, 0.1) is 6.92 Å². The predicted octanol–water partition coefficient (Wildman–Crippen LogP) is 2.06. The van der Waals surface area contributed by atoms with Gasteiger partial charge in [0.15, 0.2) is 0 Å². The maximum Gasteiger partial charge on any atom is 0.280 e. The quantitative estimate of drug-likeness (QED) is 0.872. The summed E-state index contributed by atoms with van der Waals surface area (Å²) in [5.41, 5.74) is 0.101. The first-order chi connectivity index (χ1) is 11.4. The predicted molar refractivity (Wildman–Crippen MR) is 89.0 cm³/mol. The summed E-state index contributed by atoms with van der Waals surface area (Å²) < 4.78 is 11.0. The molecular weight excluding hydrogens is 308 g/mol. The lowest BCUT2D eigenvalue weighted by molar-refractivity contribution is -0.148. The van der Waals surface area contributed by atoms with Gasteiger partial charge >= 0.3 is 0 Å². The summed E-state index contributed by atoms with van der Waals surface area (Å²) in [5, 5.41) is 2.75. The number of rotatable bonds is 4. The first kappa shape index (κ1) is 16.1. The van der Waals surface area contributed by atoms with Crippen molar-refractivity contribution in [3.63, 3.8) is 0 Å². The lowest BCUT2D eigenvalue weighted by Gasteiger charge is -2.38. The number of amides is 2. The fraction of sp³-hybridized carbons (Fsp3) is 0.333. The van der Waals surface area contributed by atoms with Gasteiger partial charge in [-0.3, -0.25) is 9.59 Å². The number of fused-ring (bicyclic) bond motifs is 1. The number of furan rings is 1. The van der Waals surface area contributed by atoms with Crippen molar-refractivity contribution < 1.29 is 18.7 Å². The van der Waals surface area contributed by atoms with Crippen molar-refractivity contribution in [2.45, 2.75) is 25.9 Å². The third-order valence-electron chi connectivity index (χ3n) is 4.17. The number of hydrogen-bond donors (Lipinski definition) is 1. The highest BCUT2D eigenvalue weighted by Crippen LogP contribution is 2.37. The molecule has 0 spiro atoms. The van der Waals surface area contributed by atoms with E-state index in [4.69, 9.17) is 9.15 Å². The topological polar surface area (TPSA) is 71.8 Å². The van der Waals surface area contributed by atoms with E-state index < -0.39 is 17.4 Å². The summed E-state index contributed by atoms with van der Waals surface area (Å²) in [4.78, 5) is 26.7. The molecule has 0 aliphatic carbocycles. The number of ether oxygens (including phenoxy) is 1. The van der Waals surface area contributed by atoms with Crippen LogP contribution >= 0.6 is 0 Å². The second-order valence-electron chi connectivity index (χ2n) is 6.06. The number of carbonyl (C=O) groups is 2. The number of aryl methyl sites for hydroxylation is 1. The number of nitrogens with one attached hydrogen (secondary N) is 1. The van der Waals surface area contributed by atoms with Crippen molar-refractivity contribution in [1.82, 2.24) is 5.32 Å². The maximum atomic E-state index is 12.7. The lowest BCUT2D eigenvalue weighted by atomic mass is 10.00. The fourth-order valence-corrected chi connectivity index (χ4v) is 2.74. The Balaban J connectivity index is 1.75. The van der Waals surface area contributed by atoms with Gasteiger partial charge in [-0.05, 0) is 43.7 Å². The molecule has 1 atom stereocenters. The summed E-state index contributed by atoms with van der Waals surface area (Å²) in [6.07, 6.45) is 2.13. The molecule has 1 unspecified atom stereocenters. The molecule has 6 heteroatoms. The number of likely N-dealkylation sites (N-methyl/N-ethyl adjacent to an activating group) is 1. The summed E-state index contributed by atoms with van der Waals surface area (Å²) >= 11 is 0. The van der Waals surface area contributed by atoms with Crippen LogP contribution in [0.2, 0.25) is 0 Å². The van der Waals surface area contributed by atoms with E-state index in [1.54, 1.807) is 25.4 Å². The van der Waals surface area contributed by atoms with Gasteiger partial charge in [0.05, 0.1) is 12.0 Å². The van der Waals surface area contributed by atoms with Gasteiger partial charge in [-0.1, -0.05) is 6.07 Å². The Morgan fingerprint density at radius 1 is 1.33 bits per heavy atom. The van der Waals surface area contributed by atoms with E-state index in [2.05, 4.69) is 5.32 Å². The summed E-state index contributed by atoms with van der Waals surface area (Å²) in [6, 6.07) is 9.16. The van der Waals surface area contributed by atoms with Crippen LogP contribution in [-0.4, -0.2) is 31.0 Å². The molecule has 0 saturated carbocycles. The molecule has 24 heavy (non-hydrogen) atoms. The van der Waals surface area contributed by atoms with Crippen molar-refractivity contribution >= 4 is 17.5 Å². The molecule has 0 saturated heterocycles. The summed E-state index contributed by atoms with van der Waals surface area (Å²) in [7, 11) is 1.65. The Morgan fingerprint density at radius 3 is 2.83 bits per heavy atom. The van der Waals surface area contributed by atoms with E-state index >= 15 is 0 Å². The Hall–Kier alpha value is -2.76. The summed E-state index contributed by atoms with van der Waals surface area (Å²) in [6.45, 7) is 3.80. The van der Waals surface area contributed by atoms with Gasteiger partial charge in [0, 0.05) is 20.0 Å². The highest BCUT2D eigenvalue weighted by molar-refractivity contribution is 6.16. The molecule has 2 amide bonds. The van der Waals surface area contributed by atoms with Gasteiger partial charge in [0.25, 0.3) is 17.4 Å². The minimum Gasteiger partial charge on any atom is -0.469 e. The number of anilines is 1. The van der Waals surface area contributed by atoms with Gasteiger partial charge in [-0.25, -0.2) is 0 Å². The molecule has 3 rings (SSSR count). The molecule has 1 aromatic carbocycles. The van der Waals surface area contributed by atoms with Crippen LogP contribution in [0.5, 0.6) is 5.75 Å². The van der Waals surface area contributed by atoms with E-state index in [9.17, 15) is 9.59 Å². The molecule has 1 aliphatic heterocycles. The van der Waals surface area contributed by atoms with Crippen molar-refractivity contribution in [2.24, 2.45) is 0 Å². The smallest absolute Gasteiger partial charge is 0.280 e. The highest BCUT2D eigenvalue weighted by Gasteiger charge is 2.49. The normalized spacial score (nSPS) is 19.6. The van der Waals surface area contributed by atoms with Crippen LogP contribution in [0.3, 0.4) is 0 Å². The van der Waals surface area contributed by atoms with Crippen LogP contribution < -0.4 is 15.0 Å². The zero-order valence-corrected chi connectivity index (χ0v) is 14.0. The van der Waals surface area contributed by atoms with Gasteiger partial charge < -0.3 is 19.4 Å². The Bertz CT molecular complexity index is 769. The number of nitrogens with zero attached hydrogens (tertiary/aromatic N) is 1. The van der Waals surface area contributed by atoms with Gasteiger partial charge in [0.2, 0.25) is 0 Å². The molecule has 0 radical (unpaired) electrons. The first-order valence-corrected chi connectivity index (χ1v) is 7.80. The minimum atomic E-state index is -1.58. The zero-order chi connectivity index (χ0) is 17.3. The average molecular weight is 328 g/mol. The molecule has 1 aromatic heterocycles. The van der Waals surface area contributed by atoms with Crippen LogP contribution in [0.15, 0.2) is 41.0 Å². The van der Waals surface area contributed by atoms with E-state index in [1.165, 1.54) is 11.8 Å². The second kappa shape index (κ2) is 6.03. The maximum absolute atomic E-state index is 12.7. The third kappa shape index (κ3) is 2.75. The highest BCUT2D eigenvalue weighted by atomic mass is 16.5. The standard InChI is InChI=1S/C18H20N2O4/c1-12-6-7-15-14(11-12)20(3)17(22)18(2,24-15)16(21)19-9-8-13-5-4-10-23-13/h4-7,10-11H,8-9H2,1-3H3,(H,19,21). The monoisotopic (exact) mass is 328 g/mol. The second-order valence-corrected chi connectivity index (χ2v) is 6.06. The molecular formula is C18H20N2O4. The summed E-state index contributed by atoms with van der Waals surface area (Å²) in [5.74, 6) is 0.439. The minimum absolute atomic E-state index is 0.364. The lowest BCUT2D eigenvalue weighted by Crippen LogP contribution is -2.61. The molecule has 6 nitrogen and oxygen atoms in total. The average Bonchev–Trinajstić information content (AvgIpc) is 3.07. The third-order valence-corrected chi connectivity index (χ3v) is 4.17. The van der Waals surface area contributed by atoms with Crippen molar-refractivity contribution in [2.75, 3.05) is 18.5 Å². The van der Waals surface area contributed by atoms with E-state index in [0.29, 0.717) is 24.4 Å². The van der Waals surface area contributed by atoms with Gasteiger partial charge in [-0.2, -0.15) is 0 Å². The van der Waals surface area contributed by atoms with Crippen LogP contribution in [-0.2, 0) is 16.0 Å². The number of benzene rings is 1. The Morgan fingerprint density at radius 2 is 2.12 bits per heavy atom. The van der Waals surface area contributed by atoms with Crippen LogP contribution in [0.4, 0.5) is 5.69 Å².